The van der Waals surface area contributed by atoms with Gasteiger partial charge in [0, 0.05) is 37.0 Å². The van der Waals surface area contributed by atoms with Crippen LogP contribution in [-0.2, 0) is 19.3 Å². The summed E-state index contributed by atoms with van der Waals surface area (Å²) in [7, 11) is 0. The average molecular weight is 297 g/mol. The Kier molecular flexibility index (Phi) is 5.32. The Balaban J connectivity index is 1.48. The fraction of sp³-hybridized carbons (Fsp3) is 0.471. The lowest BCUT2D eigenvalue weighted by Crippen LogP contribution is -2.16. The molecule has 0 bridgehead atoms. The molecular formula is C17H23N5. The molecule has 116 valence electrons. The van der Waals surface area contributed by atoms with Gasteiger partial charge < -0.3 is 10.6 Å². The third-order valence-electron chi connectivity index (χ3n) is 4.00. The quantitative estimate of drug-likeness (QED) is 0.799. The van der Waals surface area contributed by atoms with E-state index < -0.39 is 0 Å². The summed E-state index contributed by atoms with van der Waals surface area (Å²) in [5, 5.41) is 6.90. The zero-order chi connectivity index (χ0) is 15.0. The molecule has 0 saturated heterocycles. The first-order valence-corrected chi connectivity index (χ1v) is 8.11. The van der Waals surface area contributed by atoms with Gasteiger partial charge in [-0.15, -0.1) is 0 Å². The Hall–Kier alpha value is -2.01. The van der Waals surface area contributed by atoms with Gasteiger partial charge in [-0.25, -0.2) is 9.97 Å². The number of aryl methyl sites for hydroxylation is 1. The molecule has 0 aromatic carbocycles. The second-order valence-electron chi connectivity index (χ2n) is 5.60. The molecule has 1 aliphatic heterocycles. The van der Waals surface area contributed by atoms with Crippen molar-refractivity contribution in [2.45, 2.75) is 32.1 Å². The molecule has 5 nitrogen and oxygen atoms in total. The standard InChI is InChI=1S/C17H23N5/c1-3-9-19-14(5-1)6-2-4-10-20-17-15-7-11-18-12-8-16(15)21-13-22-17/h1,3,5,9,13,18H,2,4,6-8,10-12H2,(H,20,21,22). The Morgan fingerprint density at radius 1 is 1.05 bits per heavy atom. The highest BCUT2D eigenvalue weighted by molar-refractivity contribution is 5.46. The molecular weight excluding hydrogens is 274 g/mol. The van der Waals surface area contributed by atoms with Crippen molar-refractivity contribution in [2.75, 3.05) is 25.0 Å². The highest BCUT2D eigenvalue weighted by Crippen LogP contribution is 2.18. The van der Waals surface area contributed by atoms with Crippen LogP contribution in [-0.4, -0.2) is 34.6 Å². The maximum Gasteiger partial charge on any atom is 0.132 e. The molecule has 0 fully saturated rings. The molecule has 2 aromatic rings. The molecule has 2 aromatic heterocycles. The van der Waals surface area contributed by atoms with Gasteiger partial charge in [-0.05, 0) is 44.4 Å². The maximum absolute atomic E-state index is 4.43. The van der Waals surface area contributed by atoms with Gasteiger partial charge in [0.2, 0.25) is 0 Å². The normalized spacial score (nSPS) is 14.2. The molecule has 0 amide bonds. The van der Waals surface area contributed by atoms with Crippen LogP contribution in [0.15, 0.2) is 30.7 Å². The van der Waals surface area contributed by atoms with Crippen LogP contribution < -0.4 is 10.6 Å². The summed E-state index contributed by atoms with van der Waals surface area (Å²) in [6, 6.07) is 6.09. The number of aromatic nitrogens is 3. The van der Waals surface area contributed by atoms with E-state index >= 15 is 0 Å². The second-order valence-corrected chi connectivity index (χ2v) is 5.60. The van der Waals surface area contributed by atoms with Gasteiger partial charge in [-0.2, -0.15) is 0 Å². The first-order valence-electron chi connectivity index (χ1n) is 8.11. The fourth-order valence-corrected chi connectivity index (χ4v) is 2.81. The average Bonchev–Trinajstić information content (AvgIpc) is 2.81. The summed E-state index contributed by atoms with van der Waals surface area (Å²) < 4.78 is 0. The minimum atomic E-state index is 0.948. The third-order valence-corrected chi connectivity index (χ3v) is 4.00. The lowest BCUT2D eigenvalue weighted by molar-refractivity contribution is 0.708. The predicted octanol–water partition coefficient (Wildman–Crippen LogP) is 1.99. The van der Waals surface area contributed by atoms with E-state index in [0.717, 1.165) is 57.6 Å². The van der Waals surface area contributed by atoms with Crippen molar-refractivity contribution < 1.29 is 0 Å². The van der Waals surface area contributed by atoms with Crippen LogP contribution in [0.3, 0.4) is 0 Å². The summed E-state index contributed by atoms with van der Waals surface area (Å²) in [6.07, 6.45) is 8.83. The van der Waals surface area contributed by atoms with E-state index in [4.69, 9.17) is 0 Å². The molecule has 0 atom stereocenters. The van der Waals surface area contributed by atoms with Gasteiger partial charge in [-0.1, -0.05) is 6.07 Å². The van der Waals surface area contributed by atoms with E-state index in [1.54, 1.807) is 6.33 Å². The van der Waals surface area contributed by atoms with E-state index in [2.05, 4.69) is 31.7 Å². The predicted molar refractivity (Wildman–Crippen MR) is 88.0 cm³/mol. The van der Waals surface area contributed by atoms with Crippen LogP contribution in [0.4, 0.5) is 5.82 Å². The Bertz CT molecular complexity index is 585. The summed E-state index contributed by atoms with van der Waals surface area (Å²) in [5.74, 6) is 1.02. The second kappa shape index (κ2) is 7.84. The van der Waals surface area contributed by atoms with Crippen molar-refractivity contribution in [3.8, 4) is 0 Å². The molecule has 22 heavy (non-hydrogen) atoms. The fourth-order valence-electron chi connectivity index (χ4n) is 2.81. The van der Waals surface area contributed by atoms with Crippen LogP contribution in [0.2, 0.25) is 0 Å². The first kappa shape index (κ1) is 14.9. The minimum absolute atomic E-state index is 0.948. The summed E-state index contributed by atoms with van der Waals surface area (Å²) in [4.78, 5) is 13.2. The Morgan fingerprint density at radius 2 is 2.00 bits per heavy atom. The van der Waals surface area contributed by atoms with E-state index in [1.165, 1.54) is 17.0 Å². The smallest absolute Gasteiger partial charge is 0.132 e. The van der Waals surface area contributed by atoms with Crippen LogP contribution in [0, 0.1) is 0 Å². The lowest BCUT2D eigenvalue weighted by atomic mass is 10.1. The minimum Gasteiger partial charge on any atom is -0.370 e. The number of anilines is 1. The van der Waals surface area contributed by atoms with Crippen molar-refractivity contribution in [1.29, 1.82) is 0 Å². The third kappa shape index (κ3) is 4.01. The number of rotatable bonds is 6. The number of fused-ring (bicyclic) bond motifs is 1. The lowest BCUT2D eigenvalue weighted by Gasteiger charge is -2.12. The van der Waals surface area contributed by atoms with E-state index in [9.17, 15) is 0 Å². The maximum atomic E-state index is 4.43. The number of hydrogen-bond acceptors (Lipinski definition) is 5. The molecule has 1 aliphatic rings. The monoisotopic (exact) mass is 297 g/mol. The number of nitrogens with zero attached hydrogens (tertiary/aromatic N) is 3. The highest BCUT2D eigenvalue weighted by Gasteiger charge is 2.13. The van der Waals surface area contributed by atoms with Crippen molar-refractivity contribution in [3.05, 3.63) is 47.7 Å². The van der Waals surface area contributed by atoms with Crippen molar-refractivity contribution in [1.82, 2.24) is 20.3 Å². The van der Waals surface area contributed by atoms with E-state index in [-0.39, 0.29) is 0 Å². The molecule has 5 heteroatoms. The van der Waals surface area contributed by atoms with E-state index in [1.807, 2.05) is 18.3 Å². The number of pyridine rings is 1. The van der Waals surface area contributed by atoms with Crippen LogP contribution >= 0.6 is 0 Å². The number of hydrogen-bond donors (Lipinski definition) is 2. The molecule has 0 spiro atoms. The zero-order valence-corrected chi connectivity index (χ0v) is 12.9. The Labute approximate surface area is 131 Å². The zero-order valence-electron chi connectivity index (χ0n) is 12.9. The summed E-state index contributed by atoms with van der Waals surface area (Å²) in [5.41, 5.74) is 3.65. The Morgan fingerprint density at radius 3 is 2.91 bits per heavy atom. The topological polar surface area (TPSA) is 62.7 Å². The van der Waals surface area contributed by atoms with Gasteiger partial charge in [0.15, 0.2) is 0 Å². The SMILES string of the molecule is c1ccc(CCCCNc2ncnc3c2CCNCC3)nc1. The number of unbranched alkanes of at least 4 members (excludes halogenated alkanes) is 1. The summed E-state index contributed by atoms with van der Waals surface area (Å²) >= 11 is 0. The van der Waals surface area contributed by atoms with Crippen molar-refractivity contribution >= 4 is 5.82 Å². The molecule has 3 rings (SSSR count). The van der Waals surface area contributed by atoms with Gasteiger partial charge >= 0.3 is 0 Å². The molecule has 0 saturated carbocycles. The van der Waals surface area contributed by atoms with Crippen LogP contribution in [0.5, 0.6) is 0 Å². The van der Waals surface area contributed by atoms with Gasteiger partial charge in [0.1, 0.15) is 12.1 Å². The van der Waals surface area contributed by atoms with Crippen molar-refractivity contribution in [3.63, 3.8) is 0 Å². The molecule has 0 radical (unpaired) electrons. The van der Waals surface area contributed by atoms with Crippen molar-refractivity contribution in [2.24, 2.45) is 0 Å². The highest BCUT2D eigenvalue weighted by atomic mass is 15.0. The number of nitrogens with one attached hydrogen (secondary N) is 2. The van der Waals surface area contributed by atoms with Crippen LogP contribution in [0.1, 0.15) is 29.8 Å². The largest absolute Gasteiger partial charge is 0.370 e. The van der Waals surface area contributed by atoms with E-state index in [0.29, 0.717) is 0 Å². The molecule has 0 unspecified atom stereocenters. The first-order chi connectivity index (χ1) is 10.9. The van der Waals surface area contributed by atoms with Gasteiger partial charge in [0.05, 0.1) is 5.69 Å². The molecule has 3 heterocycles. The summed E-state index contributed by atoms with van der Waals surface area (Å²) in [6.45, 7) is 2.96. The molecule has 0 aliphatic carbocycles. The van der Waals surface area contributed by atoms with Gasteiger partial charge in [-0.3, -0.25) is 4.98 Å². The van der Waals surface area contributed by atoms with Crippen LogP contribution in [0.25, 0.3) is 0 Å². The van der Waals surface area contributed by atoms with Gasteiger partial charge in [0.25, 0.3) is 0 Å². The molecule has 2 N–H and O–H groups in total.